The second kappa shape index (κ2) is 6.43. The van der Waals surface area contributed by atoms with Crippen molar-refractivity contribution in [2.45, 2.75) is 31.7 Å². The molecule has 2 heterocycles. The number of carbonyl (C=O) groups is 1. The molecule has 1 atom stereocenters. The zero-order valence-corrected chi connectivity index (χ0v) is 10.6. The van der Waals surface area contributed by atoms with Crippen molar-refractivity contribution in [3.63, 3.8) is 0 Å². The van der Waals surface area contributed by atoms with Crippen LogP contribution >= 0.6 is 0 Å². The van der Waals surface area contributed by atoms with E-state index in [1.54, 1.807) is 4.90 Å². The highest BCUT2D eigenvalue weighted by Gasteiger charge is 2.28. The SMILES string of the molecule is O=C(C1CCCN1)N1CCCN(CC(F)F)CC1. The highest BCUT2D eigenvalue weighted by molar-refractivity contribution is 5.82. The van der Waals surface area contributed by atoms with Crippen molar-refractivity contribution in [3.05, 3.63) is 0 Å². The predicted octanol–water partition coefficient (Wildman–Crippen LogP) is 0.538. The molecular formula is C12H21F2N3O. The molecule has 1 N–H and O–H groups in total. The van der Waals surface area contributed by atoms with Crippen molar-refractivity contribution in [3.8, 4) is 0 Å². The van der Waals surface area contributed by atoms with E-state index in [0.717, 1.165) is 25.8 Å². The van der Waals surface area contributed by atoms with Crippen LogP contribution in [0, 0.1) is 0 Å². The fraction of sp³-hybridized carbons (Fsp3) is 0.917. The molecule has 4 nitrogen and oxygen atoms in total. The summed E-state index contributed by atoms with van der Waals surface area (Å²) in [5.41, 5.74) is 0. The predicted molar refractivity (Wildman–Crippen MR) is 64.7 cm³/mol. The number of hydrogen-bond donors (Lipinski definition) is 1. The van der Waals surface area contributed by atoms with E-state index in [1.807, 2.05) is 4.90 Å². The molecule has 2 fully saturated rings. The van der Waals surface area contributed by atoms with Crippen LogP contribution in [0.4, 0.5) is 8.78 Å². The first-order chi connectivity index (χ1) is 8.66. The summed E-state index contributed by atoms with van der Waals surface area (Å²) in [6, 6.07) is -0.0494. The van der Waals surface area contributed by atoms with Crippen molar-refractivity contribution < 1.29 is 13.6 Å². The Morgan fingerprint density at radius 2 is 2.06 bits per heavy atom. The Kier molecular flexibility index (Phi) is 4.88. The molecule has 1 amide bonds. The highest BCUT2D eigenvalue weighted by atomic mass is 19.3. The van der Waals surface area contributed by atoms with Crippen molar-refractivity contribution in [1.82, 2.24) is 15.1 Å². The highest BCUT2D eigenvalue weighted by Crippen LogP contribution is 2.12. The van der Waals surface area contributed by atoms with Crippen LogP contribution in [-0.4, -0.2) is 67.4 Å². The quantitative estimate of drug-likeness (QED) is 0.805. The van der Waals surface area contributed by atoms with Gasteiger partial charge in [0.2, 0.25) is 5.91 Å². The number of nitrogens with zero attached hydrogens (tertiary/aromatic N) is 2. The van der Waals surface area contributed by atoms with E-state index in [-0.39, 0.29) is 18.5 Å². The first-order valence-electron chi connectivity index (χ1n) is 6.69. The smallest absolute Gasteiger partial charge is 0.251 e. The van der Waals surface area contributed by atoms with Crippen molar-refractivity contribution >= 4 is 5.91 Å². The van der Waals surface area contributed by atoms with Gasteiger partial charge in [0.1, 0.15) is 0 Å². The van der Waals surface area contributed by atoms with E-state index >= 15 is 0 Å². The maximum Gasteiger partial charge on any atom is 0.251 e. The normalized spacial score (nSPS) is 26.6. The molecule has 0 aromatic heterocycles. The van der Waals surface area contributed by atoms with Gasteiger partial charge >= 0.3 is 0 Å². The lowest BCUT2D eigenvalue weighted by Gasteiger charge is -2.24. The summed E-state index contributed by atoms with van der Waals surface area (Å²) in [4.78, 5) is 15.8. The maximum atomic E-state index is 12.3. The Labute approximate surface area is 106 Å². The van der Waals surface area contributed by atoms with E-state index in [2.05, 4.69) is 5.32 Å². The van der Waals surface area contributed by atoms with Gasteiger partial charge in [0.15, 0.2) is 0 Å². The molecule has 0 aromatic rings. The third-order valence-corrected chi connectivity index (χ3v) is 3.65. The number of rotatable bonds is 3. The molecule has 0 aromatic carbocycles. The van der Waals surface area contributed by atoms with E-state index in [4.69, 9.17) is 0 Å². The summed E-state index contributed by atoms with van der Waals surface area (Å²) >= 11 is 0. The van der Waals surface area contributed by atoms with Crippen LogP contribution in [0.15, 0.2) is 0 Å². The van der Waals surface area contributed by atoms with Crippen molar-refractivity contribution in [2.24, 2.45) is 0 Å². The lowest BCUT2D eigenvalue weighted by molar-refractivity contribution is -0.132. The largest absolute Gasteiger partial charge is 0.340 e. The van der Waals surface area contributed by atoms with Gasteiger partial charge < -0.3 is 10.2 Å². The second-order valence-corrected chi connectivity index (χ2v) is 5.02. The number of amides is 1. The van der Waals surface area contributed by atoms with Crippen molar-refractivity contribution in [2.75, 3.05) is 39.3 Å². The van der Waals surface area contributed by atoms with Crippen LogP contribution in [0.5, 0.6) is 0 Å². The molecule has 2 aliphatic heterocycles. The summed E-state index contributed by atoms with van der Waals surface area (Å²) in [5, 5.41) is 3.19. The van der Waals surface area contributed by atoms with Gasteiger partial charge in [0.25, 0.3) is 6.43 Å². The van der Waals surface area contributed by atoms with E-state index in [9.17, 15) is 13.6 Å². The van der Waals surface area contributed by atoms with E-state index in [1.165, 1.54) is 0 Å². The van der Waals surface area contributed by atoms with Gasteiger partial charge in [-0.05, 0) is 25.8 Å². The minimum Gasteiger partial charge on any atom is -0.340 e. The van der Waals surface area contributed by atoms with E-state index < -0.39 is 6.43 Å². The molecular weight excluding hydrogens is 240 g/mol. The molecule has 0 radical (unpaired) electrons. The maximum absolute atomic E-state index is 12.3. The lowest BCUT2D eigenvalue weighted by Crippen LogP contribution is -2.45. The minimum absolute atomic E-state index is 0.0494. The van der Waals surface area contributed by atoms with Gasteiger partial charge in [-0.15, -0.1) is 0 Å². The van der Waals surface area contributed by atoms with Gasteiger partial charge in [-0.3, -0.25) is 9.69 Å². The van der Waals surface area contributed by atoms with Crippen LogP contribution in [0.3, 0.4) is 0 Å². The minimum atomic E-state index is -2.29. The summed E-state index contributed by atoms with van der Waals surface area (Å²) in [6.45, 7) is 3.21. The number of alkyl halides is 2. The lowest BCUT2D eigenvalue weighted by atomic mass is 10.2. The summed E-state index contributed by atoms with van der Waals surface area (Å²) < 4.78 is 24.6. The number of nitrogens with one attached hydrogen (secondary N) is 1. The molecule has 2 rings (SSSR count). The van der Waals surface area contributed by atoms with Gasteiger partial charge in [-0.1, -0.05) is 0 Å². The van der Waals surface area contributed by atoms with Crippen LogP contribution < -0.4 is 5.32 Å². The number of hydrogen-bond acceptors (Lipinski definition) is 3. The molecule has 1 unspecified atom stereocenters. The fourth-order valence-electron chi connectivity index (χ4n) is 2.68. The first kappa shape index (κ1) is 13.7. The van der Waals surface area contributed by atoms with Gasteiger partial charge in [-0.25, -0.2) is 8.78 Å². The zero-order chi connectivity index (χ0) is 13.0. The van der Waals surface area contributed by atoms with Crippen LogP contribution in [0.2, 0.25) is 0 Å². The Morgan fingerprint density at radius 3 is 2.72 bits per heavy atom. The Hall–Kier alpha value is -0.750. The molecule has 2 saturated heterocycles. The average molecular weight is 261 g/mol. The Bertz CT molecular complexity index is 282. The zero-order valence-electron chi connectivity index (χ0n) is 10.6. The Balaban J connectivity index is 1.82. The third-order valence-electron chi connectivity index (χ3n) is 3.65. The molecule has 0 spiro atoms. The molecule has 104 valence electrons. The first-order valence-corrected chi connectivity index (χ1v) is 6.69. The molecule has 0 aliphatic carbocycles. The van der Waals surface area contributed by atoms with E-state index in [0.29, 0.717) is 26.2 Å². The molecule has 18 heavy (non-hydrogen) atoms. The molecule has 0 saturated carbocycles. The summed E-state index contributed by atoms with van der Waals surface area (Å²) in [5.74, 6) is 0.145. The monoisotopic (exact) mass is 261 g/mol. The summed E-state index contributed by atoms with van der Waals surface area (Å²) in [6.07, 6.45) is 0.437. The number of carbonyl (C=O) groups excluding carboxylic acids is 1. The standard InChI is InChI=1S/C12H21F2N3O/c13-11(14)9-16-5-2-6-17(8-7-16)12(18)10-3-1-4-15-10/h10-11,15H,1-9H2. The van der Waals surface area contributed by atoms with Crippen molar-refractivity contribution in [1.29, 1.82) is 0 Å². The Morgan fingerprint density at radius 1 is 1.22 bits per heavy atom. The topological polar surface area (TPSA) is 35.6 Å². The van der Waals surface area contributed by atoms with Crippen LogP contribution in [0.1, 0.15) is 19.3 Å². The number of halogens is 2. The molecule has 6 heteroatoms. The van der Waals surface area contributed by atoms with Gasteiger partial charge in [0, 0.05) is 26.2 Å². The van der Waals surface area contributed by atoms with Crippen LogP contribution in [-0.2, 0) is 4.79 Å². The van der Waals surface area contributed by atoms with Gasteiger partial charge in [-0.2, -0.15) is 0 Å². The van der Waals surface area contributed by atoms with Crippen LogP contribution in [0.25, 0.3) is 0 Å². The summed E-state index contributed by atoms with van der Waals surface area (Å²) in [7, 11) is 0. The third kappa shape index (κ3) is 3.62. The average Bonchev–Trinajstić information content (AvgIpc) is 2.76. The van der Waals surface area contributed by atoms with Gasteiger partial charge in [0.05, 0.1) is 12.6 Å². The second-order valence-electron chi connectivity index (χ2n) is 5.02. The molecule has 0 bridgehead atoms. The molecule has 2 aliphatic rings. The fourth-order valence-corrected chi connectivity index (χ4v) is 2.68.